The normalized spacial score (nSPS) is 24.3. The molecule has 3 nitrogen and oxygen atoms in total. The van der Waals surface area contributed by atoms with Crippen molar-refractivity contribution in [2.45, 2.75) is 77.2 Å². The molecule has 1 aliphatic heterocycles. The van der Waals surface area contributed by atoms with Gasteiger partial charge >= 0.3 is 6.09 Å². The maximum Gasteiger partial charge on any atom is 0.414 e. The van der Waals surface area contributed by atoms with Crippen molar-refractivity contribution in [2.75, 3.05) is 11.4 Å². The molecule has 1 aliphatic carbocycles. The molecule has 1 amide bonds. The predicted octanol–water partition coefficient (Wildman–Crippen LogP) is 6.32. The molecule has 1 fully saturated rings. The molecule has 1 aromatic rings. The van der Waals surface area contributed by atoms with E-state index >= 15 is 0 Å². The molecule has 1 atom stereocenters. The van der Waals surface area contributed by atoms with E-state index in [9.17, 15) is 4.79 Å². The highest BCUT2D eigenvalue weighted by Gasteiger charge is 2.44. The number of halogens is 1. The molecule has 4 heteroatoms. The number of fused-ring (bicyclic) bond motifs is 1. The first-order chi connectivity index (χ1) is 11.7. The van der Waals surface area contributed by atoms with E-state index in [1.54, 1.807) is 4.90 Å². The van der Waals surface area contributed by atoms with Gasteiger partial charge in [-0.1, -0.05) is 50.6 Å². The molecular weight excluding hydrogens is 334 g/mol. The number of carbonyl (C=O) groups is 1. The van der Waals surface area contributed by atoms with Gasteiger partial charge in [0.2, 0.25) is 0 Å². The number of hydrogen-bond donors (Lipinski definition) is 0. The fourth-order valence-corrected chi connectivity index (χ4v) is 4.60. The number of ether oxygens (including phenoxy) is 1. The van der Waals surface area contributed by atoms with Gasteiger partial charge in [0.1, 0.15) is 5.60 Å². The quantitative estimate of drug-likeness (QED) is 0.615. The molecule has 25 heavy (non-hydrogen) atoms. The standard InChI is InChI=1S/C21H30ClNO2/c1-20(2,3)25-19(24)23-14-21(4,13-15-8-6-5-7-9-15)17-12-16(22)10-11-18(17)23/h10-12,15H,5-9,13-14H2,1-4H3. The molecule has 0 aromatic heterocycles. The number of hydrogen-bond acceptors (Lipinski definition) is 2. The zero-order valence-corrected chi connectivity index (χ0v) is 16.7. The molecule has 1 unspecified atom stereocenters. The Kier molecular flexibility index (Phi) is 5.07. The van der Waals surface area contributed by atoms with E-state index in [1.807, 2.05) is 39.0 Å². The number of amides is 1. The Morgan fingerprint density at radius 1 is 1.28 bits per heavy atom. The predicted molar refractivity (Wildman–Crippen MR) is 104 cm³/mol. The van der Waals surface area contributed by atoms with Gasteiger partial charge in [-0.15, -0.1) is 0 Å². The molecule has 1 saturated carbocycles. The van der Waals surface area contributed by atoms with Gasteiger partial charge < -0.3 is 4.74 Å². The fraction of sp³-hybridized carbons (Fsp3) is 0.667. The molecule has 3 rings (SSSR count). The van der Waals surface area contributed by atoms with Crippen molar-refractivity contribution in [2.24, 2.45) is 5.92 Å². The highest BCUT2D eigenvalue weighted by Crippen LogP contribution is 2.47. The van der Waals surface area contributed by atoms with Gasteiger partial charge in [0, 0.05) is 17.0 Å². The number of carbonyl (C=O) groups excluding carboxylic acids is 1. The van der Waals surface area contributed by atoms with Crippen LogP contribution < -0.4 is 4.90 Å². The Morgan fingerprint density at radius 3 is 2.60 bits per heavy atom. The van der Waals surface area contributed by atoms with Crippen molar-refractivity contribution >= 4 is 23.4 Å². The maximum atomic E-state index is 12.8. The van der Waals surface area contributed by atoms with Gasteiger partial charge in [-0.05, 0) is 56.9 Å². The number of anilines is 1. The lowest BCUT2D eigenvalue weighted by Gasteiger charge is -2.32. The van der Waals surface area contributed by atoms with E-state index in [0.717, 1.165) is 23.0 Å². The van der Waals surface area contributed by atoms with Crippen LogP contribution in [0.5, 0.6) is 0 Å². The van der Waals surface area contributed by atoms with Crippen molar-refractivity contribution in [1.82, 2.24) is 0 Å². The molecule has 0 N–H and O–H groups in total. The van der Waals surface area contributed by atoms with E-state index in [2.05, 4.69) is 6.92 Å². The highest BCUT2D eigenvalue weighted by molar-refractivity contribution is 6.30. The summed E-state index contributed by atoms with van der Waals surface area (Å²) in [5.74, 6) is 0.740. The SMILES string of the molecule is CC(C)(C)OC(=O)N1CC(C)(CC2CCCCC2)c2cc(Cl)ccc21. The van der Waals surface area contributed by atoms with E-state index in [4.69, 9.17) is 16.3 Å². The zero-order valence-electron chi connectivity index (χ0n) is 15.9. The lowest BCUT2D eigenvalue weighted by atomic mass is 9.73. The lowest BCUT2D eigenvalue weighted by Crippen LogP contribution is -2.40. The number of nitrogens with zero attached hydrogens (tertiary/aromatic N) is 1. The third-order valence-electron chi connectivity index (χ3n) is 5.48. The van der Waals surface area contributed by atoms with Crippen LogP contribution in [0.1, 0.15) is 71.8 Å². The van der Waals surface area contributed by atoms with Gasteiger partial charge in [-0.3, -0.25) is 4.90 Å². The molecule has 0 radical (unpaired) electrons. The molecular formula is C21H30ClNO2. The summed E-state index contributed by atoms with van der Waals surface area (Å²) in [5.41, 5.74) is 1.60. The summed E-state index contributed by atoms with van der Waals surface area (Å²) in [7, 11) is 0. The molecule has 0 bridgehead atoms. The first-order valence-corrected chi connectivity index (χ1v) is 9.86. The topological polar surface area (TPSA) is 29.5 Å². The van der Waals surface area contributed by atoms with Crippen molar-refractivity contribution in [3.8, 4) is 0 Å². The Hall–Kier alpha value is -1.22. The summed E-state index contributed by atoms with van der Waals surface area (Å²) in [6, 6.07) is 5.88. The first kappa shape index (κ1) is 18.6. The molecule has 138 valence electrons. The van der Waals surface area contributed by atoms with Gasteiger partial charge in [0.15, 0.2) is 0 Å². The van der Waals surface area contributed by atoms with Crippen molar-refractivity contribution in [3.63, 3.8) is 0 Å². The molecule has 0 spiro atoms. The summed E-state index contributed by atoms with van der Waals surface area (Å²) in [4.78, 5) is 14.6. The summed E-state index contributed by atoms with van der Waals surface area (Å²) >= 11 is 6.29. The Labute approximate surface area is 156 Å². The van der Waals surface area contributed by atoms with Crippen LogP contribution in [0.15, 0.2) is 18.2 Å². The van der Waals surface area contributed by atoms with Crippen LogP contribution in [0.25, 0.3) is 0 Å². The van der Waals surface area contributed by atoms with Crippen LogP contribution >= 0.6 is 11.6 Å². The minimum atomic E-state index is -0.494. The van der Waals surface area contributed by atoms with Gasteiger partial charge in [0.05, 0.1) is 5.69 Å². The van der Waals surface area contributed by atoms with Crippen LogP contribution in [0, 0.1) is 5.92 Å². The zero-order chi connectivity index (χ0) is 18.2. The number of rotatable bonds is 2. The summed E-state index contributed by atoms with van der Waals surface area (Å²) in [5, 5.41) is 0.736. The van der Waals surface area contributed by atoms with Crippen LogP contribution in [0.2, 0.25) is 5.02 Å². The van der Waals surface area contributed by atoms with Gasteiger partial charge in [-0.25, -0.2) is 4.79 Å². The van der Waals surface area contributed by atoms with E-state index in [0.29, 0.717) is 6.54 Å². The largest absolute Gasteiger partial charge is 0.443 e. The van der Waals surface area contributed by atoms with E-state index < -0.39 is 5.60 Å². The number of benzene rings is 1. The third kappa shape index (κ3) is 4.13. The smallest absolute Gasteiger partial charge is 0.414 e. The van der Waals surface area contributed by atoms with Crippen LogP contribution in [-0.4, -0.2) is 18.2 Å². The average molecular weight is 364 g/mol. The van der Waals surface area contributed by atoms with Gasteiger partial charge in [-0.2, -0.15) is 0 Å². The molecule has 0 saturated heterocycles. The molecule has 1 heterocycles. The van der Waals surface area contributed by atoms with E-state index in [-0.39, 0.29) is 11.5 Å². The average Bonchev–Trinajstić information content (AvgIpc) is 2.79. The Morgan fingerprint density at radius 2 is 1.96 bits per heavy atom. The molecule has 1 aromatic carbocycles. The minimum absolute atomic E-state index is 0.0564. The maximum absolute atomic E-state index is 12.8. The summed E-state index contributed by atoms with van der Waals surface area (Å²) in [6.45, 7) is 8.68. The van der Waals surface area contributed by atoms with Crippen LogP contribution in [-0.2, 0) is 10.2 Å². The summed E-state index contributed by atoms with van der Waals surface area (Å²) in [6.07, 6.45) is 7.48. The first-order valence-electron chi connectivity index (χ1n) is 9.48. The Balaban J connectivity index is 1.88. The third-order valence-corrected chi connectivity index (χ3v) is 5.72. The fourth-order valence-electron chi connectivity index (χ4n) is 4.43. The van der Waals surface area contributed by atoms with Gasteiger partial charge in [0.25, 0.3) is 0 Å². The minimum Gasteiger partial charge on any atom is -0.443 e. The lowest BCUT2D eigenvalue weighted by molar-refractivity contribution is 0.0576. The molecule has 2 aliphatic rings. The van der Waals surface area contributed by atoms with Crippen molar-refractivity contribution in [1.29, 1.82) is 0 Å². The van der Waals surface area contributed by atoms with Crippen molar-refractivity contribution < 1.29 is 9.53 Å². The highest BCUT2D eigenvalue weighted by atomic mass is 35.5. The summed E-state index contributed by atoms with van der Waals surface area (Å²) < 4.78 is 5.65. The second-order valence-corrected chi connectivity index (χ2v) is 9.43. The second kappa shape index (κ2) is 6.83. The van der Waals surface area contributed by atoms with Crippen LogP contribution in [0.4, 0.5) is 10.5 Å². The van der Waals surface area contributed by atoms with E-state index in [1.165, 1.54) is 37.7 Å². The van der Waals surface area contributed by atoms with Crippen molar-refractivity contribution in [3.05, 3.63) is 28.8 Å². The second-order valence-electron chi connectivity index (χ2n) is 9.00. The monoisotopic (exact) mass is 363 g/mol. The Bertz CT molecular complexity index is 646. The van der Waals surface area contributed by atoms with Crippen LogP contribution in [0.3, 0.4) is 0 Å².